The van der Waals surface area contributed by atoms with Gasteiger partial charge in [-0.05, 0) is 37.3 Å². The molecular formula is C19H24N4OS. The molecular weight excluding hydrogens is 332 g/mol. The van der Waals surface area contributed by atoms with Crippen LogP contribution in [0.3, 0.4) is 0 Å². The Morgan fingerprint density at radius 2 is 2.08 bits per heavy atom. The van der Waals surface area contributed by atoms with Gasteiger partial charge in [-0.15, -0.1) is 11.3 Å². The zero-order valence-corrected chi connectivity index (χ0v) is 15.3. The molecule has 2 aromatic rings. The van der Waals surface area contributed by atoms with Crippen molar-refractivity contribution in [3.63, 3.8) is 0 Å². The summed E-state index contributed by atoms with van der Waals surface area (Å²) < 4.78 is 0. The third kappa shape index (κ3) is 5.01. The van der Waals surface area contributed by atoms with Crippen molar-refractivity contribution in [3.8, 4) is 0 Å². The Labute approximate surface area is 152 Å². The Hall–Kier alpha value is -2.44. The van der Waals surface area contributed by atoms with E-state index in [0.717, 1.165) is 21.7 Å². The number of aliphatic imine (C=N–C) groups is 1. The molecule has 132 valence electrons. The van der Waals surface area contributed by atoms with Crippen molar-refractivity contribution < 1.29 is 4.79 Å². The van der Waals surface area contributed by atoms with Crippen molar-refractivity contribution in [1.82, 2.24) is 5.32 Å². The lowest BCUT2D eigenvalue weighted by molar-refractivity contribution is 0.0942. The second-order valence-corrected chi connectivity index (χ2v) is 6.90. The van der Waals surface area contributed by atoms with Gasteiger partial charge in [-0.3, -0.25) is 9.79 Å². The number of nitrogens with two attached hydrogens (primary N) is 2. The minimum Gasteiger partial charge on any atom is -0.405 e. The fourth-order valence-corrected chi connectivity index (χ4v) is 3.50. The number of rotatable bonds is 7. The SMILES string of the molecule is CN=C(C=CN)c1cc(C(=O)NC(CN)Cc2ccccc2)sc1C. The molecule has 1 heterocycles. The molecule has 0 aliphatic rings. The maximum absolute atomic E-state index is 12.6. The highest BCUT2D eigenvalue weighted by molar-refractivity contribution is 7.14. The quantitative estimate of drug-likeness (QED) is 0.664. The monoisotopic (exact) mass is 356 g/mol. The van der Waals surface area contributed by atoms with E-state index >= 15 is 0 Å². The summed E-state index contributed by atoms with van der Waals surface area (Å²) >= 11 is 1.44. The van der Waals surface area contributed by atoms with E-state index in [4.69, 9.17) is 11.5 Å². The summed E-state index contributed by atoms with van der Waals surface area (Å²) in [6.07, 6.45) is 3.89. The van der Waals surface area contributed by atoms with Gasteiger partial charge in [0.1, 0.15) is 0 Å². The molecule has 6 heteroatoms. The standard InChI is InChI=1S/C19H24N4OS/c1-13-16(17(22-2)8-9-20)11-18(25-13)19(24)23-15(12-21)10-14-6-4-3-5-7-14/h3-9,11,15H,10,12,20-21H2,1-2H3,(H,23,24). The van der Waals surface area contributed by atoms with Crippen molar-refractivity contribution in [2.24, 2.45) is 16.5 Å². The number of hydrogen-bond donors (Lipinski definition) is 3. The van der Waals surface area contributed by atoms with Gasteiger partial charge in [0.05, 0.1) is 10.6 Å². The van der Waals surface area contributed by atoms with Crippen LogP contribution in [0.5, 0.6) is 0 Å². The van der Waals surface area contributed by atoms with Crippen LogP contribution in [-0.4, -0.2) is 31.3 Å². The molecule has 1 unspecified atom stereocenters. The van der Waals surface area contributed by atoms with E-state index in [9.17, 15) is 4.79 Å². The first-order chi connectivity index (χ1) is 12.1. The van der Waals surface area contributed by atoms with Crippen LogP contribution < -0.4 is 16.8 Å². The van der Waals surface area contributed by atoms with E-state index in [1.54, 1.807) is 13.1 Å². The van der Waals surface area contributed by atoms with Crippen LogP contribution in [0.2, 0.25) is 0 Å². The minimum atomic E-state index is -0.113. The van der Waals surface area contributed by atoms with Crippen molar-refractivity contribution in [2.45, 2.75) is 19.4 Å². The number of amides is 1. The summed E-state index contributed by atoms with van der Waals surface area (Å²) in [6.45, 7) is 2.35. The molecule has 0 aliphatic heterocycles. The van der Waals surface area contributed by atoms with Crippen LogP contribution in [0.25, 0.3) is 0 Å². The van der Waals surface area contributed by atoms with Crippen LogP contribution in [0.15, 0.2) is 53.7 Å². The summed E-state index contributed by atoms with van der Waals surface area (Å²) in [6, 6.07) is 11.7. The topological polar surface area (TPSA) is 93.5 Å². The highest BCUT2D eigenvalue weighted by Crippen LogP contribution is 2.23. The number of thiophene rings is 1. The highest BCUT2D eigenvalue weighted by atomic mass is 32.1. The highest BCUT2D eigenvalue weighted by Gasteiger charge is 2.17. The zero-order chi connectivity index (χ0) is 18.2. The summed E-state index contributed by atoms with van der Waals surface area (Å²) in [5.74, 6) is -0.113. The van der Waals surface area contributed by atoms with Crippen LogP contribution in [0.4, 0.5) is 0 Å². The number of carbonyl (C=O) groups excluding carboxylic acids is 1. The molecule has 0 fully saturated rings. The molecule has 2 rings (SSSR count). The summed E-state index contributed by atoms with van der Waals surface area (Å²) in [5, 5.41) is 3.02. The number of allylic oxidation sites excluding steroid dienone is 1. The molecule has 0 radical (unpaired) electrons. The Morgan fingerprint density at radius 3 is 2.68 bits per heavy atom. The van der Waals surface area contributed by atoms with Crippen LogP contribution in [-0.2, 0) is 6.42 Å². The molecule has 5 nitrogen and oxygen atoms in total. The van der Waals surface area contributed by atoms with Gasteiger partial charge in [-0.25, -0.2) is 0 Å². The molecule has 1 atom stereocenters. The first kappa shape index (κ1) is 18.9. The van der Waals surface area contributed by atoms with Crippen molar-refractivity contribution in [2.75, 3.05) is 13.6 Å². The number of benzene rings is 1. The molecule has 1 amide bonds. The lowest BCUT2D eigenvalue weighted by Crippen LogP contribution is -2.41. The normalized spacial score (nSPS) is 13.2. The molecule has 0 spiro atoms. The van der Waals surface area contributed by atoms with Gasteiger partial charge in [-0.1, -0.05) is 30.3 Å². The second kappa shape index (κ2) is 9.15. The van der Waals surface area contributed by atoms with E-state index in [1.165, 1.54) is 17.5 Å². The first-order valence-corrected chi connectivity index (χ1v) is 8.91. The zero-order valence-electron chi connectivity index (χ0n) is 14.5. The second-order valence-electron chi connectivity index (χ2n) is 5.64. The molecule has 0 aliphatic carbocycles. The van der Waals surface area contributed by atoms with Gasteiger partial charge in [0.15, 0.2) is 0 Å². The van der Waals surface area contributed by atoms with Gasteiger partial charge >= 0.3 is 0 Å². The Balaban J connectivity index is 2.12. The first-order valence-electron chi connectivity index (χ1n) is 8.09. The van der Waals surface area contributed by atoms with E-state index in [-0.39, 0.29) is 11.9 Å². The largest absolute Gasteiger partial charge is 0.405 e. The molecule has 25 heavy (non-hydrogen) atoms. The van der Waals surface area contributed by atoms with Gasteiger partial charge in [0, 0.05) is 30.1 Å². The molecule has 5 N–H and O–H groups in total. The van der Waals surface area contributed by atoms with E-state index in [2.05, 4.69) is 10.3 Å². The van der Waals surface area contributed by atoms with E-state index in [0.29, 0.717) is 17.8 Å². The van der Waals surface area contributed by atoms with E-state index < -0.39 is 0 Å². The Kier molecular flexibility index (Phi) is 6.91. The lowest BCUT2D eigenvalue weighted by atomic mass is 10.1. The van der Waals surface area contributed by atoms with E-state index in [1.807, 2.05) is 43.3 Å². The third-order valence-corrected chi connectivity index (χ3v) is 4.91. The van der Waals surface area contributed by atoms with Crippen LogP contribution >= 0.6 is 11.3 Å². The lowest BCUT2D eigenvalue weighted by Gasteiger charge is -2.16. The minimum absolute atomic E-state index is 0.107. The van der Waals surface area contributed by atoms with Crippen molar-refractivity contribution in [3.05, 3.63) is 69.6 Å². The predicted octanol–water partition coefficient (Wildman–Crippen LogP) is 2.25. The molecule has 0 saturated heterocycles. The van der Waals surface area contributed by atoms with Gasteiger partial charge < -0.3 is 16.8 Å². The average Bonchev–Trinajstić information content (AvgIpc) is 3.01. The fraction of sp³-hybridized carbons (Fsp3) is 0.263. The fourth-order valence-electron chi connectivity index (χ4n) is 2.57. The molecule has 0 saturated carbocycles. The summed E-state index contributed by atoms with van der Waals surface area (Å²) in [7, 11) is 1.70. The number of nitrogens with one attached hydrogen (secondary N) is 1. The Bertz CT molecular complexity index is 765. The number of aryl methyl sites for hydroxylation is 1. The smallest absolute Gasteiger partial charge is 0.261 e. The average molecular weight is 356 g/mol. The summed E-state index contributed by atoms with van der Waals surface area (Å²) in [4.78, 5) is 18.5. The van der Waals surface area contributed by atoms with Crippen molar-refractivity contribution in [1.29, 1.82) is 0 Å². The van der Waals surface area contributed by atoms with Crippen LogP contribution in [0, 0.1) is 6.92 Å². The maximum atomic E-state index is 12.6. The van der Waals surface area contributed by atoms with Gasteiger partial charge in [0.25, 0.3) is 5.91 Å². The third-order valence-electron chi connectivity index (χ3n) is 3.86. The number of hydrogen-bond acceptors (Lipinski definition) is 5. The molecule has 0 bridgehead atoms. The van der Waals surface area contributed by atoms with Gasteiger partial charge in [-0.2, -0.15) is 0 Å². The maximum Gasteiger partial charge on any atom is 0.261 e. The molecule has 1 aromatic carbocycles. The number of nitrogens with zero attached hydrogens (tertiary/aromatic N) is 1. The Morgan fingerprint density at radius 1 is 1.36 bits per heavy atom. The van der Waals surface area contributed by atoms with Gasteiger partial charge in [0.2, 0.25) is 0 Å². The number of carbonyl (C=O) groups is 1. The van der Waals surface area contributed by atoms with Crippen molar-refractivity contribution >= 4 is 23.0 Å². The molecule has 1 aromatic heterocycles. The van der Waals surface area contributed by atoms with Crippen LogP contribution in [0.1, 0.15) is 25.7 Å². The summed E-state index contributed by atoms with van der Waals surface area (Å²) in [5.41, 5.74) is 14.1. The predicted molar refractivity (Wildman–Crippen MR) is 105 cm³/mol.